The van der Waals surface area contributed by atoms with Crippen molar-refractivity contribution in [3.8, 4) is 0 Å². The smallest absolute Gasteiger partial charge is 0.123 e. The highest BCUT2D eigenvalue weighted by molar-refractivity contribution is 6.20. The lowest BCUT2D eigenvalue weighted by Gasteiger charge is -2.08. The van der Waals surface area contributed by atoms with Crippen molar-refractivity contribution in [3.05, 3.63) is 35.6 Å². The minimum absolute atomic E-state index is 0.203. The van der Waals surface area contributed by atoms with Gasteiger partial charge in [-0.3, -0.25) is 0 Å². The molecule has 0 saturated carbocycles. The average molecular weight is 215 g/mol. The first kappa shape index (κ1) is 11.2. The summed E-state index contributed by atoms with van der Waals surface area (Å²) in [4.78, 5) is 10.1. The minimum atomic E-state index is -0.275. The molecular weight excluding hydrogens is 203 g/mol. The van der Waals surface area contributed by atoms with Crippen molar-refractivity contribution in [1.82, 2.24) is 0 Å². The summed E-state index contributed by atoms with van der Waals surface area (Å²) in [5.74, 6) is -0.275. The number of hydrogen-bond donors (Lipinski definition) is 0. The van der Waals surface area contributed by atoms with Crippen LogP contribution in [0.2, 0.25) is 0 Å². The molecule has 0 aromatic heterocycles. The van der Waals surface area contributed by atoms with Gasteiger partial charge >= 0.3 is 0 Å². The van der Waals surface area contributed by atoms with Gasteiger partial charge in [0.25, 0.3) is 0 Å². The van der Waals surface area contributed by atoms with E-state index < -0.39 is 0 Å². The van der Waals surface area contributed by atoms with E-state index in [1.165, 1.54) is 12.1 Å². The fraction of sp³-hybridized carbons (Fsp3) is 0.364. The molecule has 0 fully saturated rings. The van der Waals surface area contributed by atoms with Crippen LogP contribution in [-0.2, 0) is 4.79 Å². The van der Waals surface area contributed by atoms with Gasteiger partial charge in [0.15, 0.2) is 0 Å². The van der Waals surface area contributed by atoms with Crippen molar-refractivity contribution in [3.63, 3.8) is 0 Å². The van der Waals surface area contributed by atoms with Crippen LogP contribution in [0, 0.1) is 5.82 Å². The Hall–Kier alpha value is -0.890. The summed E-state index contributed by atoms with van der Waals surface area (Å²) in [5.41, 5.74) is 0.776. The van der Waals surface area contributed by atoms with Crippen LogP contribution < -0.4 is 0 Å². The Labute approximate surface area is 87.9 Å². The molecule has 1 unspecified atom stereocenters. The maximum atomic E-state index is 12.8. The second-order valence-corrected chi connectivity index (χ2v) is 3.65. The van der Waals surface area contributed by atoms with Crippen LogP contribution in [-0.4, -0.2) is 6.29 Å². The first-order valence-corrected chi connectivity index (χ1v) is 5.01. The largest absolute Gasteiger partial charge is 0.303 e. The fourth-order valence-corrected chi connectivity index (χ4v) is 1.54. The van der Waals surface area contributed by atoms with Crippen LogP contribution in [0.3, 0.4) is 0 Å². The lowest BCUT2D eigenvalue weighted by atomic mass is 10.1. The van der Waals surface area contributed by atoms with E-state index in [0.717, 1.165) is 18.3 Å². The van der Waals surface area contributed by atoms with Gasteiger partial charge in [-0.05, 0) is 30.5 Å². The van der Waals surface area contributed by atoms with Crippen molar-refractivity contribution in [1.29, 1.82) is 0 Å². The summed E-state index contributed by atoms with van der Waals surface area (Å²) < 4.78 is 12.8. The quantitative estimate of drug-likeness (QED) is 0.417. The molecule has 0 N–H and O–H groups in total. The molecule has 1 atom stereocenters. The van der Waals surface area contributed by atoms with E-state index in [9.17, 15) is 9.18 Å². The van der Waals surface area contributed by atoms with E-state index in [-0.39, 0.29) is 11.2 Å². The first-order valence-electron chi connectivity index (χ1n) is 4.57. The van der Waals surface area contributed by atoms with E-state index in [0.29, 0.717) is 12.8 Å². The third kappa shape index (κ3) is 3.46. The molecule has 0 spiro atoms. The van der Waals surface area contributed by atoms with Crippen LogP contribution in [0.5, 0.6) is 0 Å². The van der Waals surface area contributed by atoms with E-state index in [1.54, 1.807) is 12.1 Å². The number of alkyl halides is 1. The molecule has 0 heterocycles. The van der Waals surface area contributed by atoms with Crippen molar-refractivity contribution in [2.24, 2.45) is 0 Å². The molecule has 1 rings (SSSR count). The topological polar surface area (TPSA) is 17.1 Å². The molecule has 0 radical (unpaired) electrons. The van der Waals surface area contributed by atoms with Crippen molar-refractivity contribution in [2.45, 2.75) is 24.6 Å². The molecule has 1 aromatic rings. The number of rotatable bonds is 5. The highest BCUT2D eigenvalue weighted by atomic mass is 35.5. The first-order chi connectivity index (χ1) is 6.74. The highest BCUT2D eigenvalue weighted by Gasteiger charge is 2.07. The van der Waals surface area contributed by atoms with Gasteiger partial charge in [-0.1, -0.05) is 12.1 Å². The fourth-order valence-electron chi connectivity index (χ4n) is 1.25. The number of carbonyl (C=O) groups excluding carboxylic acids is 1. The molecule has 3 heteroatoms. The zero-order valence-electron chi connectivity index (χ0n) is 7.75. The third-order valence-electron chi connectivity index (χ3n) is 1.99. The standard InChI is InChI=1S/C11H12ClFO/c12-11(6-1-2-7-14)9-4-3-5-10(13)8-9/h3-5,7-8,11H,1-2,6H2. The summed E-state index contributed by atoms with van der Waals surface area (Å²) in [6.07, 6.45) is 2.83. The van der Waals surface area contributed by atoms with Crippen LogP contribution in [0.15, 0.2) is 24.3 Å². The molecule has 0 saturated heterocycles. The van der Waals surface area contributed by atoms with Gasteiger partial charge in [-0.2, -0.15) is 0 Å². The molecule has 0 aliphatic heterocycles. The molecule has 14 heavy (non-hydrogen) atoms. The second-order valence-electron chi connectivity index (χ2n) is 3.12. The molecule has 1 nitrogen and oxygen atoms in total. The molecular formula is C11H12ClFO. The number of unbranched alkanes of at least 4 members (excludes halogenated alkanes) is 1. The van der Waals surface area contributed by atoms with Gasteiger partial charge in [0.05, 0.1) is 5.38 Å². The Kier molecular flexibility index (Phi) is 4.60. The minimum Gasteiger partial charge on any atom is -0.303 e. The molecule has 1 aromatic carbocycles. The Morgan fingerprint density at radius 2 is 2.29 bits per heavy atom. The SMILES string of the molecule is O=CCCCC(Cl)c1cccc(F)c1. The van der Waals surface area contributed by atoms with E-state index in [1.807, 2.05) is 0 Å². The number of aldehydes is 1. The normalized spacial score (nSPS) is 12.4. The number of carbonyl (C=O) groups is 1. The number of halogens is 2. The molecule has 76 valence electrons. The Morgan fingerprint density at radius 1 is 1.50 bits per heavy atom. The lowest BCUT2D eigenvalue weighted by Crippen LogP contribution is -1.92. The van der Waals surface area contributed by atoms with E-state index >= 15 is 0 Å². The van der Waals surface area contributed by atoms with E-state index in [4.69, 9.17) is 11.6 Å². The average Bonchev–Trinajstić information content (AvgIpc) is 2.18. The van der Waals surface area contributed by atoms with Crippen LogP contribution in [0.4, 0.5) is 4.39 Å². The zero-order valence-corrected chi connectivity index (χ0v) is 8.51. The van der Waals surface area contributed by atoms with Crippen molar-refractivity contribution >= 4 is 17.9 Å². The summed E-state index contributed by atoms with van der Waals surface area (Å²) in [6.45, 7) is 0. The number of hydrogen-bond acceptors (Lipinski definition) is 1. The van der Waals surface area contributed by atoms with Gasteiger partial charge in [0.1, 0.15) is 12.1 Å². The lowest BCUT2D eigenvalue weighted by molar-refractivity contribution is -0.107. The predicted octanol–water partition coefficient (Wildman–Crippen LogP) is 3.47. The number of benzene rings is 1. The van der Waals surface area contributed by atoms with Crippen LogP contribution >= 0.6 is 11.6 Å². The summed E-state index contributed by atoms with van der Waals surface area (Å²) in [6, 6.07) is 6.25. The molecule has 0 aliphatic carbocycles. The molecule has 0 aliphatic rings. The van der Waals surface area contributed by atoms with Crippen LogP contribution in [0.25, 0.3) is 0 Å². The highest BCUT2D eigenvalue weighted by Crippen LogP contribution is 2.26. The van der Waals surface area contributed by atoms with Gasteiger partial charge in [-0.15, -0.1) is 11.6 Å². The van der Waals surface area contributed by atoms with Gasteiger partial charge < -0.3 is 4.79 Å². The monoisotopic (exact) mass is 214 g/mol. The molecule has 0 amide bonds. The Bertz CT molecular complexity index is 301. The Balaban J connectivity index is 2.51. The predicted molar refractivity (Wildman–Crippen MR) is 54.9 cm³/mol. The van der Waals surface area contributed by atoms with Gasteiger partial charge in [0, 0.05) is 6.42 Å². The molecule has 0 bridgehead atoms. The zero-order chi connectivity index (χ0) is 10.4. The van der Waals surface area contributed by atoms with Crippen molar-refractivity contribution in [2.75, 3.05) is 0 Å². The van der Waals surface area contributed by atoms with Gasteiger partial charge in [0.2, 0.25) is 0 Å². The third-order valence-corrected chi connectivity index (χ3v) is 2.46. The van der Waals surface area contributed by atoms with Gasteiger partial charge in [-0.25, -0.2) is 4.39 Å². The summed E-state index contributed by atoms with van der Waals surface area (Å²) in [5, 5.41) is -0.203. The maximum absolute atomic E-state index is 12.8. The van der Waals surface area contributed by atoms with Crippen LogP contribution in [0.1, 0.15) is 30.2 Å². The second kappa shape index (κ2) is 5.76. The van der Waals surface area contributed by atoms with E-state index in [2.05, 4.69) is 0 Å². The van der Waals surface area contributed by atoms with Crippen molar-refractivity contribution < 1.29 is 9.18 Å². The summed E-state index contributed by atoms with van der Waals surface area (Å²) >= 11 is 6.03. The Morgan fingerprint density at radius 3 is 2.93 bits per heavy atom. The summed E-state index contributed by atoms with van der Waals surface area (Å²) in [7, 11) is 0. The maximum Gasteiger partial charge on any atom is 0.123 e.